The van der Waals surface area contributed by atoms with Gasteiger partial charge in [-0.15, -0.1) is 0 Å². The van der Waals surface area contributed by atoms with Crippen molar-refractivity contribution >= 4 is 11.6 Å². The lowest BCUT2D eigenvalue weighted by Crippen LogP contribution is -2.31. The second-order valence-electron chi connectivity index (χ2n) is 4.79. The first-order chi connectivity index (χ1) is 10.2. The van der Waals surface area contributed by atoms with Crippen LogP contribution in [0.4, 0.5) is 5.69 Å². The molecule has 2 rings (SSSR count). The summed E-state index contributed by atoms with van der Waals surface area (Å²) in [4.78, 5) is 18.2. The molecule has 0 fully saturated rings. The van der Waals surface area contributed by atoms with Crippen LogP contribution in [0.1, 0.15) is 43.1 Å². The summed E-state index contributed by atoms with van der Waals surface area (Å²) in [5.74, 6) is 0.803. The van der Waals surface area contributed by atoms with Gasteiger partial charge in [0.2, 0.25) is 0 Å². The largest absolute Gasteiger partial charge is 0.467 e. The third kappa shape index (κ3) is 3.62. The number of carbonyl (C=O) groups excluding carboxylic acids is 1. The van der Waals surface area contributed by atoms with Gasteiger partial charge in [0, 0.05) is 25.0 Å². The Kier molecular flexibility index (Phi) is 4.98. The molecule has 5 nitrogen and oxygen atoms in total. The van der Waals surface area contributed by atoms with E-state index in [1.54, 1.807) is 23.4 Å². The van der Waals surface area contributed by atoms with E-state index in [0.29, 0.717) is 18.8 Å². The molecule has 1 unspecified atom stereocenters. The molecule has 0 aliphatic heterocycles. The number of rotatable bonds is 6. The molecule has 0 aromatic carbocycles. The quantitative estimate of drug-likeness (QED) is 0.885. The summed E-state index contributed by atoms with van der Waals surface area (Å²) in [6.45, 7) is 7.28. The standard InChI is InChI=1S/C16H21N3O2/c1-4-19(5-2)16(20)14-11-13(8-9-17-14)18-12(3)15-7-6-10-21-15/h6-12H,4-5H2,1-3H3,(H,17,18). The van der Waals surface area contributed by atoms with Crippen molar-refractivity contribution in [2.45, 2.75) is 26.8 Å². The Balaban J connectivity index is 2.12. The minimum Gasteiger partial charge on any atom is -0.467 e. The number of amides is 1. The van der Waals surface area contributed by atoms with Crippen molar-refractivity contribution < 1.29 is 9.21 Å². The third-order valence-corrected chi connectivity index (χ3v) is 3.38. The van der Waals surface area contributed by atoms with Gasteiger partial charge in [-0.1, -0.05) is 0 Å². The van der Waals surface area contributed by atoms with Gasteiger partial charge < -0.3 is 14.6 Å². The number of anilines is 1. The van der Waals surface area contributed by atoms with E-state index < -0.39 is 0 Å². The summed E-state index contributed by atoms with van der Waals surface area (Å²) in [7, 11) is 0. The van der Waals surface area contributed by atoms with Crippen molar-refractivity contribution in [3.8, 4) is 0 Å². The Hall–Kier alpha value is -2.30. The van der Waals surface area contributed by atoms with Gasteiger partial charge in [0.15, 0.2) is 0 Å². The molecule has 21 heavy (non-hydrogen) atoms. The maximum Gasteiger partial charge on any atom is 0.272 e. The Labute approximate surface area is 125 Å². The molecule has 2 heterocycles. The highest BCUT2D eigenvalue weighted by atomic mass is 16.3. The number of hydrogen-bond donors (Lipinski definition) is 1. The zero-order valence-corrected chi connectivity index (χ0v) is 12.7. The number of nitrogens with one attached hydrogen (secondary N) is 1. The molecule has 0 aliphatic carbocycles. The Morgan fingerprint density at radius 1 is 1.38 bits per heavy atom. The Morgan fingerprint density at radius 3 is 2.76 bits per heavy atom. The van der Waals surface area contributed by atoms with Crippen molar-refractivity contribution in [3.63, 3.8) is 0 Å². The van der Waals surface area contributed by atoms with Gasteiger partial charge in [-0.2, -0.15) is 0 Å². The number of hydrogen-bond acceptors (Lipinski definition) is 4. The van der Waals surface area contributed by atoms with Crippen molar-refractivity contribution in [2.75, 3.05) is 18.4 Å². The molecule has 1 amide bonds. The second-order valence-corrected chi connectivity index (χ2v) is 4.79. The van der Waals surface area contributed by atoms with E-state index in [4.69, 9.17) is 4.42 Å². The van der Waals surface area contributed by atoms with E-state index in [-0.39, 0.29) is 11.9 Å². The van der Waals surface area contributed by atoms with Crippen LogP contribution in [0.2, 0.25) is 0 Å². The monoisotopic (exact) mass is 287 g/mol. The van der Waals surface area contributed by atoms with E-state index in [9.17, 15) is 4.79 Å². The molecular formula is C16H21N3O2. The SMILES string of the molecule is CCN(CC)C(=O)c1cc(NC(C)c2ccco2)ccn1. The Bertz CT molecular complexity index is 577. The predicted octanol–water partition coefficient (Wildman–Crippen LogP) is 3.33. The van der Waals surface area contributed by atoms with Gasteiger partial charge in [0.1, 0.15) is 11.5 Å². The number of nitrogens with zero attached hydrogens (tertiary/aromatic N) is 2. The van der Waals surface area contributed by atoms with E-state index in [2.05, 4.69) is 10.3 Å². The molecule has 0 aliphatic rings. The first kappa shape index (κ1) is 15.1. The first-order valence-corrected chi connectivity index (χ1v) is 7.21. The molecule has 0 radical (unpaired) electrons. The van der Waals surface area contributed by atoms with Crippen LogP contribution in [0.3, 0.4) is 0 Å². The lowest BCUT2D eigenvalue weighted by atomic mass is 10.2. The molecule has 0 bridgehead atoms. The van der Waals surface area contributed by atoms with Gasteiger partial charge in [0.25, 0.3) is 5.91 Å². The van der Waals surface area contributed by atoms with Crippen LogP contribution in [-0.4, -0.2) is 28.9 Å². The van der Waals surface area contributed by atoms with Crippen LogP contribution in [-0.2, 0) is 0 Å². The summed E-state index contributed by atoms with van der Waals surface area (Å²) >= 11 is 0. The zero-order valence-electron chi connectivity index (χ0n) is 12.7. The topological polar surface area (TPSA) is 58.4 Å². The highest BCUT2D eigenvalue weighted by Gasteiger charge is 2.15. The van der Waals surface area contributed by atoms with Crippen molar-refractivity contribution in [1.29, 1.82) is 0 Å². The van der Waals surface area contributed by atoms with Crippen LogP contribution in [0, 0.1) is 0 Å². The predicted molar refractivity (Wildman–Crippen MR) is 82.2 cm³/mol. The Morgan fingerprint density at radius 2 is 2.14 bits per heavy atom. The van der Waals surface area contributed by atoms with Gasteiger partial charge in [-0.3, -0.25) is 9.78 Å². The van der Waals surface area contributed by atoms with E-state index in [0.717, 1.165) is 11.4 Å². The molecule has 0 saturated carbocycles. The highest BCUT2D eigenvalue weighted by Crippen LogP contribution is 2.20. The first-order valence-electron chi connectivity index (χ1n) is 7.21. The van der Waals surface area contributed by atoms with Crippen LogP contribution < -0.4 is 5.32 Å². The fourth-order valence-electron chi connectivity index (χ4n) is 2.17. The fourth-order valence-corrected chi connectivity index (χ4v) is 2.17. The maximum absolute atomic E-state index is 12.3. The van der Waals surface area contributed by atoms with E-state index in [1.807, 2.05) is 39.0 Å². The van der Waals surface area contributed by atoms with Gasteiger partial charge in [-0.05, 0) is 45.0 Å². The number of aromatic nitrogens is 1. The zero-order chi connectivity index (χ0) is 15.2. The number of carbonyl (C=O) groups is 1. The smallest absolute Gasteiger partial charge is 0.272 e. The fraction of sp³-hybridized carbons (Fsp3) is 0.375. The molecule has 112 valence electrons. The number of pyridine rings is 1. The van der Waals surface area contributed by atoms with Crippen molar-refractivity contribution in [1.82, 2.24) is 9.88 Å². The highest BCUT2D eigenvalue weighted by molar-refractivity contribution is 5.93. The van der Waals surface area contributed by atoms with E-state index in [1.165, 1.54) is 0 Å². The lowest BCUT2D eigenvalue weighted by Gasteiger charge is -2.19. The van der Waals surface area contributed by atoms with Crippen LogP contribution in [0.25, 0.3) is 0 Å². The average Bonchev–Trinajstić information content (AvgIpc) is 3.03. The molecule has 1 atom stereocenters. The normalized spacial score (nSPS) is 12.0. The molecule has 0 spiro atoms. The summed E-state index contributed by atoms with van der Waals surface area (Å²) < 4.78 is 5.36. The average molecular weight is 287 g/mol. The van der Waals surface area contributed by atoms with Crippen molar-refractivity contribution in [2.24, 2.45) is 0 Å². The minimum atomic E-state index is -0.0469. The minimum absolute atomic E-state index is 0.0267. The summed E-state index contributed by atoms with van der Waals surface area (Å²) in [6, 6.07) is 7.42. The maximum atomic E-state index is 12.3. The van der Waals surface area contributed by atoms with E-state index >= 15 is 0 Å². The van der Waals surface area contributed by atoms with Crippen LogP contribution in [0.5, 0.6) is 0 Å². The lowest BCUT2D eigenvalue weighted by molar-refractivity contribution is 0.0767. The molecule has 0 saturated heterocycles. The van der Waals surface area contributed by atoms with Crippen molar-refractivity contribution in [3.05, 3.63) is 48.2 Å². The molecule has 2 aromatic heterocycles. The van der Waals surface area contributed by atoms with Crippen LogP contribution >= 0.6 is 0 Å². The van der Waals surface area contributed by atoms with Gasteiger partial charge in [-0.25, -0.2) is 0 Å². The summed E-state index contributed by atoms with van der Waals surface area (Å²) in [5, 5.41) is 3.31. The van der Waals surface area contributed by atoms with Gasteiger partial charge in [0.05, 0.1) is 12.3 Å². The molecule has 5 heteroatoms. The molecular weight excluding hydrogens is 266 g/mol. The van der Waals surface area contributed by atoms with Gasteiger partial charge >= 0.3 is 0 Å². The van der Waals surface area contributed by atoms with Crippen LogP contribution in [0.15, 0.2) is 41.1 Å². The molecule has 1 N–H and O–H groups in total. The summed E-state index contributed by atoms with van der Waals surface area (Å²) in [5.41, 5.74) is 1.31. The number of furan rings is 1. The molecule has 2 aromatic rings. The second kappa shape index (κ2) is 6.92. The third-order valence-electron chi connectivity index (χ3n) is 3.38. The summed E-state index contributed by atoms with van der Waals surface area (Å²) in [6.07, 6.45) is 3.29.